The van der Waals surface area contributed by atoms with Gasteiger partial charge in [-0.25, -0.2) is 9.37 Å². The van der Waals surface area contributed by atoms with E-state index in [-0.39, 0.29) is 5.69 Å². The number of nitrogens with zero attached hydrogens (tertiary/aromatic N) is 2. The third-order valence-corrected chi connectivity index (χ3v) is 3.12. The summed E-state index contributed by atoms with van der Waals surface area (Å²) in [4.78, 5) is 15.2. The Morgan fingerprint density at radius 3 is 2.89 bits per heavy atom. The van der Waals surface area contributed by atoms with E-state index in [0.29, 0.717) is 12.2 Å². The third kappa shape index (κ3) is 3.01. The molecule has 0 unspecified atom stereocenters. The molecule has 1 aromatic heterocycles. The smallest absolute Gasteiger partial charge is 0.274 e. The van der Waals surface area contributed by atoms with Crippen molar-refractivity contribution in [1.82, 2.24) is 4.98 Å². The number of nitro benzene ring substituents is 1. The molecule has 0 bridgehead atoms. The van der Waals surface area contributed by atoms with Gasteiger partial charge < -0.3 is 5.32 Å². The Labute approximate surface area is 106 Å². The number of aromatic nitrogens is 1. The van der Waals surface area contributed by atoms with E-state index in [4.69, 9.17) is 0 Å². The summed E-state index contributed by atoms with van der Waals surface area (Å²) in [6.45, 7) is 2.35. The molecule has 7 heteroatoms. The van der Waals surface area contributed by atoms with Crippen molar-refractivity contribution in [3.05, 3.63) is 50.2 Å². The van der Waals surface area contributed by atoms with E-state index in [1.165, 1.54) is 23.5 Å². The number of thiazole rings is 1. The fourth-order valence-electron chi connectivity index (χ4n) is 1.44. The molecular weight excluding hydrogens is 257 g/mol. The van der Waals surface area contributed by atoms with Crippen molar-refractivity contribution in [2.75, 3.05) is 5.32 Å². The van der Waals surface area contributed by atoms with Gasteiger partial charge in [0.05, 0.1) is 17.5 Å². The molecule has 1 heterocycles. The first-order valence-electron chi connectivity index (χ1n) is 5.15. The molecule has 2 rings (SSSR count). The molecule has 18 heavy (non-hydrogen) atoms. The van der Waals surface area contributed by atoms with Crippen LogP contribution in [0, 0.1) is 22.9 Å². The normalized spacial score (nSPS) is 10.3. The van der Waals surface area contributed by atoms with Crippen molar-refractivity contribution in [3.8, 4) is 0 Å². The van der Waals surface area contributed by atoms with Crippen LogP contribution in [-0.4, -0.2) is 9.91 Å². The van der Waals surface area contributed by atoms with Gasteiger partial charge in [0, 0.05) is 22.8 Å². The molecule has 0 spiro atoms. The van der Waals surface area contributed by atoms with Gasteiger partial charge in [-0.1, -0.05) is 0 Å². The van der Waals surface area contributed by atoms with Gasteiger partial charge in [0.2, 0.25) is 0 Å². The molecule has 5 nitrogen and oxygen atoms in total. The molecule has 1 aromatic carbocycles. The van der Waals surface area contributed by atoms with E-state index in [2.05, 4.69) is 10.3 Å². The number of halogens is 1. The lowest BCUT2D eigenvalue weighted by atomic mass is 10.2. The van der Waals surface area contributed by atoms with E-state index in [9.17, 15) is 14.5 Å². The van der Waals surface area contributed by atoms with Crippen LogP contribution in [0.2, 0.25) is 0 Å². The van der Waals surface area contributed by atoms with Gasteiger partial charge in [-0.15, -0.1) is 11.3 Å². The Hall–Kier alpha value is -2.02. The maximum Gasteiger partial charge on any atom is 0.274 e. The second-order valence-electron chi connectivity index (χ2n) is 3.67. The number of hydrogen-bond acceptors (Lipinski definition) is 5. The predicted molar refractivity (Wildman–Crippen MR) is 67.2 cm³/mol. The van der Waals surface area contributed by atoms with Crippen molar-refractivity contribution in [2.24, 2.45) is 0 Å². The van der Waals surface area contributed by atoms with Crippen LogP contribution >= 0.6 is 11.3 Å². The average molecular weight is 267 g/mol. The zero-order valence-corrected chi connectivity index (χ0v) is 10.3. The second-order valence-corrected chi connectivity index (χ2v) is 4.99. The first kappa shape index (κ1) is 12.4. The molecule has 94 valence electrons. The van der Waals surface area contributed by atoms with Gasteiger partial charge in [-0.05, 0) is 13.0 Å². The SMILES string of the molecule is Cc1cnc(CNc2cc(F)cc([N+](=O)[O-])c2)s1. The van der Waals surface area contributed by atoms with Gasteiger partial charge in [0.1, 0.15) is 10.8 Å². The van der Waals surface area contributed by atoms with Crippen LogP contribution in [0.15, 0.2) is 24.4 Å². The van der Waals surface area contributed by atoms with E-state index >= 15 is 0 Å². The lowest BCUT2D eigenvalue weighted by Gasteiger charge is -2.04. The second kappa shape index (κ2) is 5.09. The molecule has 0 saturated heterocycles. The van der Waals surface area contributed by atoms with Gasteiger partial charge in [-0.2, -0.15) is 0 Å². The van der Waals surface area contributed by atoms with Gasteiger partial charge >= 0.3 is 0 Å². The molecule has 1 N–H and O–H groups in total. The highest BCUT2D eigenvalue weighted by molar-refractivity contribution is 7.11. The topological polar surface area (TPSA) is 68.1 Å². The van der Waals surface area contributed by atoms with Crippen molar-refractivity contribution in [1.29, 1.82) is 0 Å². The minimum Gasteiger partial charge on any atom is -0.378 e. The summed E-state index contributed by atoms with van der Waals surface area (Å²) in [5.74, 6) is -0.637. The van der Waals surface area contributed by atoms with Crippen LogP contribution < -0.4 is 5.32 Å². The number of rotatable bonds is 4. The molecular formula is C11H10FN3O2S. The van der Waals surface area contributed by atoms with Gasteiger partial charge in [0.15, 0.2) is 0 Å². The van der Waals surface area contributed by atoms with Gasteiger partial charge in [0.25, 0.3) is 5.69 Å². The molecule has 0 aliphatic rings. The fourth-order valence-corrected chi connectivity index (χ4v) is 2.17. The van der Waals surface area contributed by atoms with Crippen LogP contribution in [0.4, 0.5) is 15.8 Å². The number of nitrogens with one attached hydrogen (secondary N) is 1. The molecule has 0 saturated carbocycles. The molecule has 2 aromatic rings. The number of benzene rings is 1. The molecule has 0 fully saturated rings. The summed E-state index contributed by atoms with van der Waals surface area (Å²) < 4.78 is 13.2. The fraction of sp³-hybridized carbons (Fsp3) is 0.182. The highest BCUT2D eigenvalue weighted by Gasteiger charge is 2.09. The Morgan fingerprint density at radius 2 is 2.28 bits per heavy atom. The summed E-state index contributed by atoms with van der Waals surface area (Å²) in [7, 11) is 0. The zero-order chi connectivity index (χ0) is 13.1. The summed E-state index contributed by atoms with van der Waals surface area (Å²) >= 11 is 1.52. The predicted octanol–water partition coefficient (Wildman–Crippen LogP) is 3.11. The molecule has 0 atom stereocenters. The van der Waals surface area contributed by atoms with E-state index in [1.54, 1.807) is 6.20 Å². The number of hydrogen-bond donors (Lipinski definition) is 1. The quantitative estimate of drug-likeness (QED) is 0.682. The number of non-ortho nitro benzene ring substituents is 1. The standard InChI is InChI=1S/C11H10FN3O2S/c1-7-5-14-11(18-7)6-13-9-2-8(12)3-10(4-9)15(16)17/h2-5,13H,6H2,1H3. The highest BCUT2D eigenvalue weighted by Crippen LogP contribution is 2.21. The Bertz CT molecular complexity index is 585. The van der Waals surface area contributed by atoms with E-state index in [0.717, 1.165) is 16.0 Å². The van der Waals surface area contributed by atoms with Crippen molar-refractivity contribution < 1.29 is 9.31 Å². The Kier molecular flexibility index (Phi) is 3.52. The minimum absolute atomic E-state index is 0.271. The summed E-state index contributed by atoms with van der Waals surface area (Å²) in [5, 5.41) is 14.3. The van der Waals surface area contributed by atoms with E-state index < -0.39 is 10.7 Å². The molecule has 0 amide bonds. The van der Waals surface area contributed by atoms with Crippen LogP contribution in [-0.2, 0) is 6.54 Å². The molecule has 0 aliphatic heterocycles. The van der Waals surface area contributed by atoms with E-state index in [1.807, 2.05) is 6.92 Å². The summed E-state index contributed by atoms with van der Waals surface area (Å²) in [6, 6.07) is 3.40. The minimum atomic E-state index is -0.637. The lowest BCUT2D eigenvalue weighted by molar-refractivity contribution is -0.385. The number of nitro groups is 1. The Morgan fingerprint density at radius 1 is 1.50 bits per heavy atom. The maximum absolute atomic E-state index is 13.2. The van der Waals surface area contributed by atoms with Crippen LogP contribution in [0.3, 0.4) is 0 Å². The lowest BCUT2D eigenvalue weighted by Crippen LogP contribution is -2.00. The summed E-state index contributed by atoms with van der Waals surface area (Å²) in [6.07, 6.45) is 1.75. The van der Waals surface area contributed by atoms with Crippen LogP contribution in [0.1, 0.15) is 9.88 Å². The average Bonchev–Trinajstić information content (AvgIpc) is 2.72. The Balaban J connectivity index is 2.11. The number of anilines is 1. The monoisotopic (exact) mass is 267 g/mol. The maximum atomic E-state index is 13.2. The zero-order valence-electron chi connectivity index (χ0n) is 9.51. The summed E-state index contributed by atoms with van der Waals surface area (Å²) in [5.41, 5.74) is 0.0994. The molecule has 0 aliphatic carbocycles. The van der Waals surface area contributed by atoms with Crippen LogP contribution in [0.25, 0.3) is 0 Å². The highest BCUT2D eigenvalue weighted by atomic mass is 32.1. The van der Waals surface area contributed by atoms with Crippen molar-refractivity contribution in [2.45, 2.75) is 13.5 Å². The van der Waals surface area contributed by atoms with Crippen LogP contribution in [0.5, 0.6) is 0 Å². The van der Waals surface area contributed by atoms with Crippen molar-refractivity contribution >= 4 is 22.7 Å². The largest absolute Gasteiger partial charge is 0.378 e. The first-order valence-corrected chi connectivity index (χ1v) is 5.96. The third-order valence-electron chi connectivity index (χ3n) is 2.21. The van der Waals surface area contributed by atoms with Crippen molar-refractivity contribution in [3.63, 3.8) is 0 Å². The number of aryl methyl sites for hydroxylation is 1. The first-order chi connectivity index (χ1) is 8.54. The van der Waals surface area contributed by atoms with Gasteiger partial charge in [-0.3, -0.25) is 10.1 Å². The molecule has 0 radical (unpaired) electrons.